The Bertz CT molecular complexity index is 856. The van der Waals surface area contributed by atoms with Crippen molar-refractivity contribution in [3.8, 4) is 0 Å². The van der Waals surface area contributed by atoms with Crippen LogP contribution >= 0.6 is 0 Å². The second-order valence-electron chi connectivity index (χ2n) is 11.8. The maximum Gasteiger partial charge on any atom is 0.509 e. The third-order valence-corrected chi connectivity index (χ3v) is 6.03. The van der Waals surface area contributed by atoms with E-state index in [1.54, 1.807) is 13.8 Å². The summed E-state index contributed by atoms with van der Waals surface area (Å²) in [6.45, 7) is 16.3. The zero-order valence-corrected chi connectivity index (χ0v) is 26.2. The molecule has 0 radical (unpaired) electrons. The molecule has 6 atom stereocenters. The Balaban J connectivity index is 1.81. The molecule has 242 valence electrons. The van der Waals surface area contributed by atoms with Gasteiger partial charge in [-0.05, 0) is 69.2 Å². The SMILES string of the molecule is CC(C)OC(C)COC(=O)C(C)(C)OC(=O)OC1COC2C(OC(=O)OC(C)(C)C(=O)OCC(C)OC(C)C)COC12. The molecule has 2 aliphatic heterocycles. The number of ether oxygens (including phenoxy) is 10. The molecule has 2 fully saturated rings. The molecule has 6 unspecified atom stereocenters. The second-order valence-corrected chi connectivity index (χ2v) is 11.8. The van der Waals surface area contributed by atoms with Crippen LogP contribution in [0.2, 0.25) is 0 Å². The lowest BCUT2D eigenvalue weighted by atomic mass is 10.1. The highest BCUT2D eigenvalue weighted by molar-refractivity contribution is 5.81. The largest absolute Gasteiger partial charge is 0.509 e. The number of hydrogen-bond donors (Lipinski definition) is 0. The maximum atomic E-state index is 12.5. The van der Waals surface area contributed by atoms with Gasteiger partial charge < -0.3 is 47.4 Å². The standard InChI is InChI=1S/C28H46O14/c1-15(2)37-17(5)11-35-23(29)27(7,8)41-25(31)39-19-13-33-22-20(14-34-21(19)22)40-26(32)42-28(9,10)24(30)36-12-18(6)38-16(3)4/h15-22H,11-14H2,1-10H3. The fourth-order valence-electron chi connectivity index (χ4n) is 4.17. The Kier molecular flexibility index (Phi) is 12.8. The maximum absolute atomic E-state index is 12.5. The molecule has 0 aliphatic carbocycles. The van der Waals surface area contributed by atoms with E-state index in [-0.39, 0.29) is 50.8 Å². The van der Waals surface area contributed by atoms with Crippen LogP contribution < -0.4 is 0 Å². The van der Waals surface area contributed by atoms with Crippen molar-refractivity contribution in [3.63, 3.8) is 0 Å². The average molecular weight is 607 g/mol. The molecule has 0 aromatic carbocycles. The fraction of sp³-hybridized carbons (Fsp3) is 0.857. The van der Waals surface area contributed by atoms with Gasteiger partial charge in [0.1, 0.15) is 25.4 Å². The van der Waals surface area contributed by atoms with Crippen LogP contribution in [0, 0.1) is 0 Å². The van der Waals surface area contributed by atoms with Crippen molar-refractivity contribution in [2.75, 3.05) is 26.4 Å². The van der Waals surface area contributed by atoms with E-state index in [2.05, 4.69) is 0 Å². The van der Waals surface area contributed by atoms with Crippen molar-refractivity contribution in [1.29, 1.82) is 0 Å². The molecule has 0 spiro atoms. The first-order valence-electron chi connectivity index (χ1n) is 14.1. The summed E-state index contributed by atoms with van der Waals surface area (Å²) in [5.74, 6) is -1.54. The van der Waals surface area contributed by atoms with Crippen molar-refractivity contribution in [2.45, 2.75) is 129 Å². The number of carbonyl (C=O) groups is 4. The first-order chi connectivity index (χ1) is 19.4. The van der Waals surface area contributed by atoms with Crippen LogP contribution in [0.4, 0.5) is 9.59 Å². The average Bonchev–Trinajstić information content (AvgIpc) is 3.42. The summed E-state index contributed by atoms with van der Waals surface area (Å²) in [4.78, 5) is 49.8. The summed E-state index contributed by atoms with van der Waals surface area (Å²) in [6.07, 6.45) is -6.31. The molecular formula is C28H46O14. The lowest BCUT2D eigenvalue weighted by molar-refractivity contribution is -0.169. The smallest absolute Gasteiger partial charge is 0.460 e. The summed E-state index contributed by atoms with van der Waals surface area (Å²) < 4.78 is 53.8. The summed E-state index contributed by atoms with van der Waals surface area (Å²) in [5, 5.41) is 0. The molecule has 14 heteroatoms. The number of hydrogen-bond acceptors (Lipinski definition) is 14. The Labute approximate surface area is 246 Å². The molecule has 2 saturated heterocycles. The predicted molar refractivity (Wildman–Crippen MR) is 144 cm³/mol. The molecule has 0 saturated carbocycles. The van der Waals surface area contributed by atoms with Crippen LogP contribution in [0.15, 0.2) is 0 Å². The zero-order chi connectivity index (χ0) is 31.8. The molecular weight excluding hydrogens is 560 g/mol. The van der Waals surface area contributed by atoms with Gasteiger partial charge in [-0.2, -0.15) is 0 Å². The fourth-order valence-corrected chi connectivity index (χ4v) is 4.17. The van der Waals surface area contributed by atoms with Gasteiger partial charge in [0, 0.05) is 0 Å². The Hall–Kier alpha value is -2.68. The van der Waals surface area contributed by atoms with E-state index in [4.69, 9.17) is 47.4 Å². The first kappa shape index (κ1) is 35.5. The number of fused-ring (bicyclic) bond motifs is 1. The Morgan fingerprint density at radius 2 is 0.976 bits per heavy atom. The van der Waals surface area contributed by atoms with Gasteiger partial charge in [0.2, 0.25) is 11.2 Å². The van der Waals surface area contributed by atoms with E-state index in [9.17, 15) is 19.2 Å². The lowest BCUT2D eigenvalue weighted by Crippen LogP contribution is -2.43. The molecule has 2 aliphatic rings. The number of carbonyl (C=O) groups excluding carboxylic acids is 4. The quantitative estimate of drug-likeness (QED) is 0.209. The summed E-state index contributed by atoms with van der Waals surface area (Å²) in [5.41, 5.74) is -3.26. The van der Waals surface area contributed by atoms with E-state index in [0.29, 0.717) is 0 Å². The van der Waals surface area contributed by atoms with Crippen LogP contribution in [-0.2, 0) is 57.0 Å². The van der Waals surface area contributed by atoms with Crippen molar-refractivity contribution >= 4 is 24.2 Å². The third kappa shape index (κ3) is 10.9. The van der Waals surface area contributed by atoms with Gasteiger partial charge in [-0.15, -0.1) is 0 Å². The van der Waals surface area contributed by atoms with Gasteiger partial charge in [-0.3, -0.25) is 0 Å². The van der Waals surface area contributed by atoms with Crippen LogP contribution in [0.1, 0.15) is 69.2 Å². The van der Waals surface area contributed by atoms with E-state index < -0.39 is 59.9 Å². The van der Waals surface area contributed by atoms with Crippen LogP contribution in [0.3, 0.4) is 0 Å². The lowest BCUT2D eigenvalue weighted by Gasteiger charge is -2.25. The van der Waals surface area contributed by atoms with E-state index in [1.807, 2.05) is 27.7 Å². The normalized spacial score (nSPS) is 23.6. The minimum absolute atomic E-state index is 0.0123. The topological polar surface area (TPSA) is 161 Å². The van der Waals surface area contributed by atoms with E-state index >= 15 is 0 Å². The molecule has 0 amide bonds. The van der Waals surface area contributed by atoms with Crippen LogP contribution in [0.5, 0.6) is 0 Å². The molecule has 0 aromatic heterocycles. The van der Waals surface area contributed by atoms with Gasteiger partial charge in [-0.1, -0.05) is 0 Å². The number of rotatable bonds is 14. The third-order valence-electron chi connectivity index (χ3n) is 6.03. The predicted octanol–water partition coefficient (Wildman–Crippen LogP) is 3.10. The molecule has 14 nitrogen and oxygen atoms in total. The van der Waals surface area contributed by atoms with Crippen LogP contribution in [-0.4, -0.2) is 111 Å². The summed E-state index contributed by atoms with van der Waals surface area (Å²) >= 11 is 0. The molecule has 0 aromatic rings. The summed E-state index contributed by atoms with van der Waals surface area (Å²) in [6, 6.07) is 0. The minimum atomic E-state index is -1.63. The van der Waals surface area contributed by atoms with Crippen molar-refractivity contribution < 1.29 is 66.5 Å². The van der Waals surface area contributed by atoms with Crippen molar-refractivity contribution in [2.24, 2.45) is 0 Å². The van der Waals surface area contributed by atoms with Gasteiger partial charge in [0.05, 0.1) is 37.6 Å². The molecule has 0 bridgehead atoms. The van der Waals surface area contributed by atoms with Gasteiger partial charge in [0.25, 0.3) is 0 Å². The van der Waals surface area contributed by atoms with Gasteiger partial charge >= 0.3 is 24.2 Å². The minimum Gasteiger partial charge on any atom is -0.460 e. The molecule has 2 rings (SSSR count). The monoisotopic (exact) mass is 606 g/mol. The van der Waals surface area contributed by atoms with E-state index in [1.165, 1.54) is 27.7 Å². The molecule has 0 N–H and O–H groups in total. The Morgan fingerprint density at radius 3 is 1.29 bits per heavy atom. The highest BCUT2D eigenvalue weighted by atomic mass is 16.8. The highest BCUT2D eigenvalue weighted by Gasteiger charge is 2.52. The van der Waals surface area contributed by atoms with E-state index in [0.717, 1.165) is 0 Å². The van der Waals surface area contributed by atoms with Gasteiger partial charge in [-0.25, -0.2) is 19.2 Å². The second kappa shape index (κ2) is 15.2. The zero-order valence-electron chi connectivity index (χ0n) is 26.2. The van der Waals surface area contributed by atoms with Crippen molar-refractivity contribution in [3.05, 3.63) is 0 Å². The van der Waals surface area contributed by atoms with Crippen LogP contribution in [0.25, 0.3) is 0 Å². The number of esters is 2. The van der Waals surface area contributed by atoms with Gasteiger partial charge in [0.15, 0.2) is 12.2 Å². The first-order valence-corrected chi connectivity index (χ1v) is 14.1. The molecule has 2 heterocycles. The molecule has 42 heavy (non-hydrogen) atoms. The highest BCUT2D eigenvalue weighted by Crippen LogP contribution is 2.31. The Morgan fingerprint density at radius 1 is 0.643 bits per heavy atom. The summed E-state index contributed by atoms with van der Waals surface area (Å²) in [7, 11) is 0. The van der Waals surface area contributed by atoms with Crippen molar-refractivity contribution in [1.82, 2.24) is 0 Å².